The van der Waals surface area contributed by atoms with Crippen molar-refractivity contribution in [3.63, 3.8) is 0 Å². The van der Waals surface area contributed by atoms with E-state index in [1.165, 1.54) is 12.1 Å². The average Bonchev–Trinajstić information content (AvgIpc) is 3.49. The van der Waals surface area contributed by atoms with Gasteiger partial charge in [0.25, 0.3) is 0 Å². The molecule has 0 radical (unpaired) electrons. The van der Waals surface area contributed by atoms with Crippen LogP contribution in [0.5, 0.6) is 5.75 Å². The van der Waals surface area contributed by atoms with E-state index in [0.717, 1.165) is 22.5 Å². The maximum absolute atomic E-state index is 13.7. The van der Waals surface area contributed by atoms with Crippen LogP contribution in [0, 0.1) is 12.7 Å². The zero-order valence-electron chi connectivity index (χ0n) is 21.4. The van der Waals surface area contributed by atoms with Crippen LogP contribution in [0.2, 0.25) is 0 Å². The number of fused-ring (bicyclic) bond motifs is 1. The number of carbonyl (C=O) groups excluding carboxylic acids is 1. The lowest BCUT2D eigenvalue weighted by Crippen LogP contribution is -2.53. The topological polar surface area (TPSA) is 98.4 Å². The first-order valence-electron chi connectivity index (χ1n) is 12.4. The molecule has 3 heterocycles. The number of hydrogen-bond acceptors (Lipinski definition) is 8. The van der Waals surface area contributed by atoms with Crippen molar-refractivity contribution in [3.8, 4) is 11.4 Å². The second kappa shape index (κ2) is 10.3. The first-order valence-corrected chi connectivity index (χ1v) is 12.4. The van der Waals surface area contributed by atoms with Crippen LogP contribution in [0.1, 0.15) is 36.6 Å². The number of esters is 1. The van der Waals surface area contributed by atoms with Crippen molar-refractivity contribution >= 4 is 17.9 Å². The molecule has 0 aliphatic carbocycles. The third kappa shape index (κ3) is 4.74. The van der Waals surface area contributed by atoms with Gasteiger partial charge < -0.3 is 28.9 Å². The number of oxime groups is 1. The lowest BCUT2D eigenvalue weighted by atomic mass is 9.91. The summed E-state index contributed by atoms with van der Waals surface area (Å²) in [5.74, 6) is 0.241. The summed E-state index contributed by atoms with van der Waals surface area (Å²) >= 11 is 0. The predicted octanol–water partition coefficient (Wildman–Crippen LogP) is 3.93. The second-order valence-corrected chi connectivity index (χ2v) is 9.27. The molecule has 2 aliphatic heterocycles. The van der Waals surface area contributed by atoms with Crippen molar-refractivity contribution in [2.45, 2.75) is 38.5 Å². The summed E-state index contributed by atoms with van der Waals surface area (Å²) in [4.78, 5) is 24.7. The van der Waals surface area contributed by atoms with Crippen LogP contribution in [0.25, 0.3) is 11.8 Å². The van der Waals surface area contributed by atoms with Gasteiger partial charge in [0.15, 0.2) is 5.84 Å². The Morgan fingerprint density at radius 1 is 1.29 bits per heavy atom. The molecule has 5 rings (SSSR count). The first kappa shape index (κ1) is 25.5. The minimum Gasteiger partial charge on any atom is -0.495 e. The van der Waals surface area contributed by atoms with Gasteiger partial charge in [-0.15, -0.1) is 0 Å². The largest absolute Gasteiger partial charge is 0.495 e. The maximum Gasteiger partial charge on any atom is 0.312 e. The van der Waals surface area contributed by atoms with Crippen LogP contribution < -0.4 is 4.74 Å². The Morgan fingerprint density at radius 3 is 2.76 bits per heavy atom. The number of piperidine rings is 1. The van der Waals surface area contributed by atoms with E-state index in [1.807, 2.05) is 42.0 Å². The monoisotopic (exact) mass is 520 g/mol. The van der Waals surface area contributed by atoms with Gasteiger partial charge in [-0.2, -0.15) is 0 Å². The molecule has 9 nitrogen and oxygen atoms in total. The Balaban J connectivity index is 1.52. The number of nitrogens with zero attached hydrogens (tertiary/aromatic N) is 4. The minimum absolute atomic E-state index is 0.176. The molecule has 0 bridgehead atoms. The van der Waals surface area contributed by atoms with Crippen LogP contribution in [-0.4, -0.2) is 57.7 Å². The highest BCUT2D eigenvalue weighted by Crippen LogP contribution is 2.43. The summed E-state index contributed by atoms with van der Waals surface area (Å²) in [6.07, 6.45) is 4.94. The Morgan fingerprint density at radius 2 is 2.08 bits per heavy atom. The fraction of sp³-hybridized carbons (Fsp3) is 0.321. The van der Waals surface area contributed by atoms with E-state index in [4.69, 9.17) is 14.3 Å². The molecule has 2 atom stereocenters. The number of aryl methyl sites for hydroxylation is 1. The van der Waals surface area contributed by atoms with Gasteiger partial charge in [-0.05, 0) is 49.8 Å². The van der Waals surface area contributed by atoms with Crippen LogP contribution in [0.3, 0.4) is 0 Å². The molecule has 1 N–H and O–H groups in total. The lowest BCUT2D eigenvalue weighted by molar-refractivity contribution is -0.164. The highest BCUT2D eigenvalue weighted by atomic mass is 19.1. The number of halogens is 1. The summed E-state index contributed by atoms with van der Waals surface area (Å²) in [5, 5.41) is 15.2. The van der Waals surface area contributed by atoms with Crippen molar-refractivity contribution in [2.24, 2.45) is 5.16 Å². The Bertz CT molecular complexity index is 1400. The number of carbonyl (C=O) groups is 1. The van der Waals surface area contributed by atoms with Crippen LogP contribution in [0.15, 0.2) is 65.7 Å². The summed E-state index contributed by atoms with van der Waals surface area (Å²) in [6.45, 7) is 4.02. The smallest absolute Gasteiger partial charge is 0.312 e. The Labute approximate surface area is 219 Å². The van der Waals surface area contributed by atoms with Gasteiger partial charge in [0.1, 0.15) is 18.0 Å². The van der Waals surface area contributed by atoms with Crippen LogP contribution >= 0.6 is 0 Å². The van der Waals surface area contributed by atoms with Crippen LogP contribution in [-0.2, 0) is 20.1 Å². The molecule has 1 saturated heterocycles. The number of imidazole rings is 1. The number of aromatic nitrogens is 2. The quantitative estimate of drug-likeness (QED) is 0.472. The summed E-state index contributed by atoms with van der Waals surface area (Å²) in [6, 6.07) is 11.5. The standard InChI is InChI=1S/C28H29FN4O5/c1-4-37-26(35)14-28(21-6-8-22(29)9-7-21)33-16-23(34)13-20(27(33)31-38-28)11-19-5-10-24(25(12-19)36-3)32-15-18(2)30-17-32/h5-12,15,17,23,34H,4,13-14,16H2,1-3H3/b20-11+/t23-,28+/m1/s1. The fourth-order valence-corrected chi connectivity index (χ4v) is 4.91. The van der Waals surface area contributed by atoms with E-state index in [1.54, 1.807) is 37.4 Å². The van der Waals surface area contributed by atoms with Crippen LogP contribution in [0.4, 0.5) is 4.39 Å². The van der Waals surface area contributed by atoms with Crippen molar-refractivity contribution in [2.75, 3.05) is 20.3 Å². The number of hydrogen-bond donors (Lipinski definition) is 1. The highest BCUT2D eigenvalue weighted by molar-refractivity contribution is 6.04. The summed E-state index contributed by atoms with van der Waals surface area (Å²) in [5.41, 5.74) is 2.44. The first-order chi connectivity index (χ1) is 18.3. The van der Waals surface area contributed by atoms with Crippen molar-refractivity contribution < 1.29 is 28.6 Å². The molecular weight excluding hydrogens is 491 g/mol. The molecule has 0 spiro atoms. The normalized spacial score (nSPS) is 21.6. The van der Waals surface area contributed by atoms with Gasteiger partial charge in [0.05, 0.1) is 37.5 Å². The predicted molar refractivity (Wildman–Crippen MR) is 138 cm³/mol. The zero-order chi connectivity index (χ0) is 26.9. The summed E-state index contributed by atoms with van der Waals surface area (Å²) in [7, 11) is 1.60. The van der Waals surface area contributed by atoms with Gasteiger partial charge in [0, 0.05) is 30.3 Å². The zero-order valence-corrected chi connectivity index (χ0v) is 21.4. The third-order valence-electron chi connectivity index (χ3n) is 6.63. The molecule has 0 amide bonds. The Kier molecular flexibility index (Phi) is 6.90. The molecule has 10 heteroatoms. The number of methoxy groups -OCH3 is 1. The number of benzene rings is 2. The molecular formula is C28H29FN4O5. The molecule has 0 unspecified atom stereocenters. The SMILES string of the molecule is CCOC(=O)C[C@@]1(c2ccc(F)cc2)ON=C2/C(=C/c3ccc(-n4cnc(C)c4)c(OC)c3)C[C@@H](O)CN21. The molecule has 1 aromatic heterocycles. The minimum atomic E-state index is -1.38. The van der Waals surface area contributed by atoms with Crippen molar-refractivity contribution in [3.05, 3.63) is 83.2 Å². The van der Waals surface area contributed by atoms with E-state index in [2.05, 4.69) is 10.1 Å². The number of ether oxygens (including phenoxy) is 2. The number of rotatable bonds is 7. The Hall–Kier alpha value is -4.18. The van der Waals surface area contributed by atoms with Crippen molar-refractivity contribution in [1.82, 2.24) is 14.5 Å². The summed E-state index contributed by atoms with van der Waals surface area (Å²) < 4.78 is 26.5. The molecule has 198 valence electrons. The number of aliphatic hydroxyl groups is 1. The molecule has 2 aliphatic rings. The van der Waals surface area contributed by atoms with Gasteiger partial charge in [-0.1, -0.05) is 23.4 Å². The molecule has 0 saturated carbocycles. The van der Waals surface area contributed by atoms with E-state index in [0.29, 0.717) is 23.6 Å². The maximum atomic E-state index is 13.7. The van der Waals surface area contributed by atoms with E-state index >= 15 is 0 Å². The lowest BCUT2D eigenvalue weighted by Gasteiger charge is -2.41. The van der Waals surface area contributed by atoms with Gasteiger partial charge in [0.2, 0.25) is 5.72 Å². The number of amidine groups is 1. The van der Waals surface area contributed by atoms with E-state index in [-0.39, 0.29) is 19.6 Å². The van der Waals surface area contributed by atoms with E-state index < -0.39 is 23.6 Å². The van der Waals surface area contributed by atoms with E-state index in [9.17, 15) is 14.3 Å². The molecule has 38 heavy (non-hydrogen) atoms. The second-order valence-electron chi connectivity index (χ2n) is 9.27. The molecule has 1 fully saturated rings. The molecule has 3 aromatic rings. The fourth-order valence-electron chi connectivity index (χ4n) is 4.91. The van der Waals surface area contributed by atoms with Gasteiger partial charge in [-0.3, -0.25) is 4.79 Å². The molecule has 2 aromatic carbocycles. The van der Waals surface area contributed by atoms with Gasteiger partial charge in [-0.25, -0.2) is 9.37 Å². The number of aliphatic hydroxyl groups excluding tert-OH is 1. The van der Waals surface area contributed by atoms with Crippen molar-refractivity contribution in [1.29, 1.82) is 0 Å². The highest BCUT2D eigenvalue weighted by Gasteiger charge is 2.52. The average molecular weight is 521 g/mol. The third-order valence-corrected chi connectivity index (χ3v) is 6.63. The van der Waals surface area contributed by atoms with Gasteiger partial charge >= 0.3 is 5.97 Å².